The zero-order valence-electron chi connectivity index (χ0n) is 40.4. The summed E-state index contributed by atoms with van der Waals surface area (Å²) in [6, 6.07) is 18.0. The quantitative estimate of drug-likeness (QED) is 0.111. The van der Waals surface area contributed by atoms with Crippen molar-refractivity contribution in [1.29, 1.82) is 0 Å². The number of ether oxygens (including phenoxy) is 2. The van der Waals surface area contributed by atoms with Crippen molar-refractivity contribution in [2.24, 2.45) is 17.3 Å². The summed E-state index contributed by atoms with van der Waals surface area (Å²) < 4.78 is 14.6. The summed E-state index contributed by atoms with van der Waals surface area (Å²) in [5, 5.41) is 17.0. The molecule has 14 heteroatoms. The molecule has 0 spiro atoms. The number of amides is 4. The Kier molecular flexibility index (Phi) is 14.6. The molecule has 4 atom stereocenters. The van der Waals surface area contributed by atoms with Crippen molar-refractivity contribution in [3.8, 4) is 28.1 Å². The van der Waals surface area contributed by atoms with Gasteiger partial charge in [0.25, 0.3) is 5.91 Å². The minimum Gasteiger partial charge on any atom is -0.508 e. The second-order valence-electron chi connectivity index (χ2n) is 20.3. The molecule has 3 aromatic carbocycles. The molecule has 362 valence electrons. The largest absolute Gasteiger partial charge is 0.508 e. The minimum atomic E-state index is -1.21. The summed E-state index contributed by atoms with van der Waals surface area (Å²) in [5.74, 6) is -1.95. The van der Waals surface area contributed by atoms with Gasteiger partial charge in [-0.1, -0.05) is 69.7 Å². The lowest BCUT2D eigenvalue weighted by Crippen LogP contribution is -2.66. The fraction of sp³-hybridized carbons (Fsp3) is 0.500. The van der Waals surface area contributed by atoms with E-state index in [2.05, 4.69) is 79.1 Å². The van der Waals surface area contributed by atoms with Crippen molar-refractivity contribution in [2.75, 3.05) is 47.0 Å². The third-order valence-corrected chi connectivity index (χ3v) is 14.7. The Morgan fingerprint density at radius 1 is 1.03 bits per heavy atom. The number of hydrogen-bond acceptors (Lipinski definition) is 9. The Morgan fingerprint density at radius 3 is 2.54 bits per heavy atom. The molecule has 3 aliphatic heterocycles. The van der Waals surface area contributed by atoms with Crippen molar-refractivity contribution in [2.45, 2.75) is 109 Å². The second kappa shape index (κ2) is 20.4. The van der Waals surface area contributed by atoms with E-state index in [1.807, 2.05) is 12.1 Å². The standard InChI is InChI=1S/C54H68N6O8/c1-7-47(63)58-23-20-38(30-58)51(65)57(5)48(36-14-9-10-15-36)50(64)55-45-26-35-24-40(27-41(62)25-35)37-18-19-46-43(28-37)44(49(59(46)8-2)42-17-12-11-16-39(42)31-67-6)29-53(3,4)33-68-34-54(32-61)21-13-22-60(56-54)52(45)66/h7,11-12,16-19,24-25,27-28,32,36,38,45,48,56,62H,1,8-10,13-15,20-23,26,29-31,33-34H2,2-6H3,(H,55,64)/t38-,45-,48-,54-/m0/s1. The Labute approximate surface area is 400 Å². The van der Waals surface area contributed by atoms with E-state index in [0.29, 0.717) is 57.6 Å². The van der Waals surface area contributed by atoms with Gasteiger partial charge >= 0.3 is 0 Å². The molecular formula is C54H68N6O8. The summed E-state index contributed by atoms with van der Waals surface area (Å²) >= 11 is 0. The molecule has 0 radical (unpaired) electrons. The molecule has 2 saturated heterocycles. The van der Waals surface area contributed by atoms with E-state index in [1.165, 1.54) is 16.0 Å². The first-order valence-corrected chi connectivity index (χ1v) is 24.4. The third-order valence-electron chi connectivity index (χ3n) is 14.7. The van der Waals surface area contributed by atoms with Gasteiger partial charge in [-0.25, -0.2) is 5.43 Å². The second-order valence-corrected chi connectivity index (χ2v) is 20.3. The number of phenolic OH excluding ortho intramolecular Hbond substituents is 1. The van der Waals surface area contributed by atoms with E-state index < -0.39 is 40.8 Å². The SMILES string of the molecule is C=CC(=O)N1CC[C@H](C(=O)N(C)[C@H](C(=O)N[C@H]2Cc3cc(O)cc(c3)-c3ccc4c(c3)c(c(-c3ccccc3COC)n4CC)CC(C)(C)COC[C@@]3(C=O)CCCN(N3)C2=O)C2CCCC2)C1. The molecule has 68 heavy (non-hydrogen) atoms. The van der Waals surface area contributed by atoms with Gasteiger partial charge in [0.05, 0.1) is 31.4 Å². The van der Waals surface area contributed by atoms with Crippen LogP contribution >= 0.6 is 0 Å². The molecule has 4 amide bonds. The number of aryl methyl sites for hydroxylation is 1. The molecule has 1 aliphatic carbocycles. The molecule has 4 aliphatic rings. The monoisotopic (exact) mass is 929 g/mol. The van der Waals surface area contributed by atoms with Crippen LogP contribution in [0.1, 0.15) is 82.4 Å². The number of phenols is 1. The van der Waals surface area contributed by atoms with Gasteiger partial charge < -0.3 is 39.1 Å². The third kappa shape index (κ3) is 10.00. The number of benzene rings is 3. The van der Waals surface area contributed by atoms with E-state index in [-0.39, 0.29) is 49.6 Å². The Balaban J connectivity index is 1.21. The molecule has 8 rings (SSSR count). The number of likely N-dealkylation sites (tertiary alicyclic amines) is 1. The van der Waals surface area contributed by atoms with Gasteiger partial charge in [0.2, 0.25) is 17.7 Å². The van der Waals surface area contributed by atoms with Crippen LogP contribution in [-0.4, -0.2) is 119 Å². The van der Waals surface area contributed by atoms with Crippen LogP contribution in [0.5, 0.6) is 5.75 Å². The molecule has 0 unspecified atom stereocenters. The number of hydrogen-bond donors (Lipinski definition) is 3. The van der Waals surface area contributed by atoms with Crippen molar-refractivity contribution >= 4 is 40.8 Å². The summed E-state index contributed by atoms with van der Waals surface area (Å²) in [7, 11) is 3.36. The maximum Gasteiger partial charge on any atom is 0.259 e. The molecule has 4 heterocycles. The fourth-order valence-corrected chi connectivity index (χ4v) is 11.3. The zero-order chi connectivity index (χ0) is 48.3. The molecule has 14 nitrogen and oxygen atoms in total. The lowest BCUT2D eigenvalue weighted by molar-refractivity contribution is -0.149. The molecule has 6 bridgehead atoms. The predicted molar refractivity (Wildman–Crippen MR) is 261 cm³/mol. The summed E-state index contributed by atoms with van der Waals surface area (Å²) in [6.45, 7) is 12.5. The number of likely N-dealkylation sites (N-methyl/N-ethyl adjacent to an activating group) is 1. The van der Waals surface area contributed by atoms with Crippen LogP contribution in [-0.2, 0) is 59.4 Å². The highest BCUT2D eigenvalue weighted by atomic mass is 16.5. The van der Waals surface area contributed by atoms with Gasteiger partial charge in [-0.05, 0) is 115 Å². The number of aldehydes is 1. The maximum absolute atomic E-state index is 15.0. The first kappa shape index (κ1) is 48.6. The van der Waals surface area contributed by atoms with E-state index in [4.69, 9.17) is 9.47 Å². The Hall–Kier alpha value is -5.83. The van der Waals surface area contributed by atoms with Crippen LogP contribution in [0.15, 0.2) is 73.3 Å². The van der Waals surface area contributed by atoms with E-state index in [0.717, 1.165) is 76.4 Å². The number of carbonyl (C=O) groups is 5. The van der Waals surface area contributed by atoms with Crippen LogP contribution in [0.25, 0.3) is 33.3 Å². The Bertz CT molecular complexity index is 2560. The van der Waals surface area contributed by atoms with Crippen molar-refractivity contribution in [3.63, 3.8) is 0 Å². The molecule has 3 N–H and O–H groups in total. The predicted octanol–water partition coefficient (Wildman–Crippen LogP) is 6.59. The highest BCUT2D eigenvalue weighted by Gasteiger charge is 2.44. The first-order valence-electron chi connectivity index (χ1n) is 24.4. The van der Waals surface area contributed by atoms with Crippen molar-refractivity contribution in [1.82, 2.24) is 30.1 Å². The van der Waals surface area contributed by atoms with Crippen LogP contribution in [0.2, 0.25) is 0 Å². The maximum atomic E-state index is 15.0. The lowest BCUT2D eigenvalue weighted by Gasteiger charge is -2.42. The van der Waals surface area contributed by atoms with Gasteiger partial charge in [-0.2, -0.15) is 0 Å². The van der Waals surface area contributed by atoms with Crippen LogP contribution in [0.4, 0.5) is 0 Å². The fourth-order valence-electron chi connectivity index (χ4n) is 11.3. The smallest absolute Gasteiger partial charge is 0.259 e. The van der Waals surface area contributed by atoms with Gasteiger partial charge in [0.1, 0.15) is 29.7 Å². The van der Waals surface area contributed by atoms with E-state index in [1.54, 1.807) is 31.2 Å². The highest BCUT2D eigenvalue weighted by molar-refractivity contribution is 5.96. The number of nitrogens with one attached hydrogen (secondary N) is 2. The van der Waals surface area contributed by atoms with E-state index >= 15 is 0 Å². The average Bonchev–Trinajstić information content (AvgIpc) is 4.11. The number of aromatic nitrogens is 1. The first-order chi connectivity index (χ1) is 32.7. The van der Waals surface area contributed by atoms with Crippen LogP contribution < -0.4 is 10.7 Å². The van der Waals surface area contributed by atoms with E-state index in [9.17, 15) is 29.1 Å². The number of rotatable bonds is 11. The summed E-state index contributed by atoms with van der Waals surface area (Å²) in [5.41, 5.74) is 9.34. The molecule has 3 fully saturated rings. The number of aromatic hydroxyl groups is 1. The number of methoxy groups -OCH3 is 1. The zero-order valence-corrected chi connectivity index (χ0v) is 40.4. The average molecular weight is 929 g/mol. The molecule has 1 saturated carbocycles. The van der Waals surface area contributed by atoms with Crippen LogP contribution in [0, 0.1) is 17.3 Å². The number of nitrogens with zero attached hydrogens (tertiary/aromatic N) is 4. The minimum absolute atomic E-state index is 0.00844. The molecule has 1 aromatic heterocycles. The lowest BCUT2D eigenvalue weighted by atomic mass is 9.83. The number of fused-ring (bicyclic) bond motifs is 6. The molecule has 4 aromatic rings. The van der Waals surface area contributed by atoms with Crippen LogP contribution in [0.3, 0.4) is 0 Å². The van der Waals surface area contributed by atoms with Gasteiger partial charge in [-0.3, -0.25) is 24.2 Å². The topological polar surface area (TPSA) is 163 Å². The number of hydrazine groups is 1. The highest BCUT2D eigenvalue weighted by Crippen LogP contribution is 2.42. The van der Waals surface area contributed by atoms with Crippen molar-refractivity contribution in [3.05, 3.63) is 90.0 Å². The van der Waals surface area contributed by atoms with Gasteiger partial charge in [-0.15, -0.1) is 0 Å². The molecular weight excluding hydrogens is 861 g/mol. The van der Waals surface area contributed by atoms with Gasteiger partial charge in [0.15, 0.2) is 0 Å². The summed E-state index contributed by atoms with van der Waals surface area (Å²) in [4.78, 5) is 72.8. The van der Waals surface area contributed by atoms with Gasteiger partial charge in [0, 0.05) is 63.2 Å². The summed E-state index contributed by atoms with van der Waals surface area (Å²) in [6.07, 6.45) is 7.49. The number of carbonyl (C=O) groups excluding carboxylic acids is 5. The van der Waals surface area contributed by atoms with Crippen molar-refractivity contribution < 1.29 is 38.6 Å². The Morgan fingerprint density at radius 2 is 1.81 bits per heavy atom. The normalized spacial score (nSPS) is 22.7.